The van der Waals surface area contributed by atoms with Crippen LogP contribution in [-0.2, 0) is 23.7 Å². The molecular formula is C69H117NO13. The van der Waals surface area contributed by atoms with E-state index in [1.54, 1.807) is 6.08 Å². The van der Waals surface area contributed by atoms with E-state index in [-0.39, 0.29) is 18.9 Å². The molecule has 2 rings (SSSR count). The molecule has 14 nitrogen and oxygen atoms in total. The molecule has 0 saturated carbocycles. The first kappa shape index (κ1) is 75.7. The number of unbranched alkanes of at least 4 members (excludes halogenated alkanes) is 22. The zero-order valence-corrected chi connectivity index (χ0v) is 51.4. The summed E-state index contributed by atoms with van der Waals surface area (Å²) in [5.74, 6) is -0.257. The van der Waals surface area contributed by atoms with Crippen LogP contribution in [0.3, 0.4) is 0 Å². The van der Waals surface area contributed by atoms with Crippen LogP contribution >= 0.6 is 0 Å². The van der Waals surface area contributed by atoms with E-state index in [0.29, 0.717) is 12.8 Å². The largest absolute Gasteiger partial charge is 0.394 e. The molecule has 2 aliphatic rings. The van der Waals surface area contributed by atoms with Gasteiger partial charge in [-0.2, -0.15) is 0 Å². The average molecular weight is 1170 g/mol. The molecule has 9 N–H and O–H groups in total. The maximum atomic E-state index is 13.3. The van der Waals surface area contributed by atoms with Crippen molar-refractivity contribution in [1.82, 2.24) is 5.32 Å². The number of carbonyl (C=O) groups excluding carboxylic acids is 1. The first-order valence-electron chi connectivity index (χ1n) is 32.6. The monoisotopic (exact) mass is 1170 g/mol. The molecule has 12 atom stereocenters. The van der Waals surface area contributed by atoms with E-state index in [1.165, 1.54) is 109 Å². The Balaban J connectivity index is 1.64. The molecule has 476 valence electrons. The molecule has 2 aliphatic heterocycles. The van der Waals surface area contributed by atoms with Crippen LogP contribution < -0.4 is 5.32 Å². The summed E-state index contributed by atoms with van der Waals surface area (Å²) in [5.41, 5.74) is 0. The Kier molecular flexibility index (Phi) is 48.3. The second kappa shape index (κ2) is 52.9. The Labute approximate surface area is 502 Å². The van der Waals surface area contributed by atoms with Crippen LogP contribution in [0.2, 0.25) is 0 Å². The van der Waals surface area contributed by atoms with Crippen molar-refractivity contribution in [2.45, 2.75) is 299 Å². The second-order valence-electron chi connectivity index (χ2n) is 22.5. The number of aliphatic hydroxyl groups excluding tert-OH is 8. The van der Waals surface area contributed by atoms with Gasteiger partial charge in [0.15, 0.2) is 12.6 Å². The fourth-order valence-corrected chi connectivity index (χ4v) is 9.97. The lowest BCUT2D eigenvalue weighted by Gasteiger charge is -2.46. The van der Waals surface area contributed by atoms with E-state index in [0.717, 1.165) is 83.5 Å². The van der Waals surface area contributed by atoms with E-state index in [1.807, 2.05) is 6.08 Å². The van der Waals surface area contributed by atoms with Crippen LogP contribution in [-0.4, -0.2) is 140 Å². The Bertz CT molecular complexity index is 1810. The predicted octanol–water partition coefficient (Wildman–Crippen LogP) is 12.4. The minimum absolute atomic E-state index is 0.257. The third-order valence-electron chi connectivity index (χ3n) is 15.2. The van der Waals surface area contributed by atoms with Crippen LogP contribution in [0.1, 0.15) is 226 Å². The molecule has 0 bridgehead atoms. The number of hydrogen-bond donors (Lipinski definition) is 9. The van der Waals surface area contributed by atoms with E-state index in [4.69, 9.17) is 18.9 Å². The van der Waals surface area contributed by atoms with Gasteiger partial charge in [0, 0.05) is 6.42 Å². The molecule has 83 heavy (non-hydrogen) atoms. The van der Waals surface area contributed by atoms with Gasteiger partial charge >= 0.3 is 0 Å². The van der Waals surface area contributed by atoms with Gasteiger partial charge in [0.05, 0.1) is 32.0 Å². The number of aliphatic hydroxyl groups is 8. The summed E-state index contributed by atoms with van der Waals surface area (Å²) in [6.07, 6.45) is 58.6. The highest BCUT2D eigenvalue weighted by atomic mass is 16.7. The van der Waals surface area contributed by atoms with Gasteiger partial charge in [-0.05, 0) is 96.3 Å². The van der Waals surface area contributed by atoms with Crippen molar-refractivity contribution in [2.24, 2.45) is 0 Å². The molecule has 1 amide bonds. The number of carbonyl (C=O) groups is 1. The SMILES string of the molecule is CC/C=C\C/C=C\C/C=C\C/C=C\C/C=C\C/C=C\CCCCCCCCCCCCCCCCCCC(=O)NC(COC1OC(CO)C(OC2OC(CO)C(O)C(O)C2O)C(O)C1O)C(O)/C=C/CC/C=C/CC/C=C/CCCCCC. The fourth-order valence-electron chi connectivity index (χ4n) is 9.97. The summed E-state index contributed by atoms with van der Waals surface area (Å²) in [7, 11) is 0. The Morgan fingerprint density at radius 1 is 0.446 bits per heavy atom. The van der Waals surface area contributed by atoms with Gasteiger partial charge in [-0.1, -0.05) is 232 Å². The predicted molar refractivity (Wildman–Crippen MR) is 336 cm³/mol. The zero-order chi connectivity index (χ0) is 60.2. The van der Waals surface area contributed by atoms with Crippen molar-refractivity contribution in [3.8, 4) is 0 Å². The number of allylic oxidation sites excluding steroid dienone is 17. The van der Waals surface area contributed by atoms with Crippen molar-refractivity contribution in [3.63, 3.8) is 0 Å². The number of nitrogens with one attached hydrogen (secondary N) is 1. The molecule has 2 heterocycles. The van der Waals surface area contributed by atoms with Gasteiger partial charge < -0.3 is 65.1 Å². The summed E-state index contributed by atoms with van der Waals surface area (Å²) < 4.78 is 22.8. The smallest absolute Gasteiger partial charge is 0.220 e. The van der Waals surface area contributed by atoms with Gasteiger partial charge in [0.1, 0.15) is 48.8 Å². The van der Waals surface area contributed by atoms with Crippen molar-refractivity contribution in [3.05, 3.63) is 109 Å². The van der Waals surface area contributed by atoms with E-state index in [2.05, 4.69) is 116 Å². The maximum Gasteiger partial charge on any atom is 0.220 e. The molecule has 0 aromatic heterocycles. The Morgan fingerprint density at radius 3 is 1.33 bits per heavy atom. The number of rotatable bonds is 51. The van der Waals surface area contributed by atoms with Gasteiger partial charge in [-0.25, -0.2) is 0 Å². The molecule has 0 aromatic carbocycles. The molecule has 0 aliphatic carbocycles. The Hall–Kier alpha value is -3.35. The molecular weight excluding hydrogens is 1050 g/mol. The second-order valence-corrected chi connectivity index (χ2v) is 22.5. The summed E-state index contributed by atoms with van der Waals surface area (Å²) >= 11 is 0. The van der Waals surface area contributed by atoms with Crippen molar-refractivity contribution >= 4 is 5.91 Å². The lowest BCUT2D eigenvalue weighted by molar-refractivity contribution is -0.359. The third kappa shape index (κ3) is 37.7. The number of amides is 1. The first-order chi connectivity index (χ1) is 40.6. The molecule has 0 aromatic rings. The highest BCUT2D eigenvalue weighted by Gasteiger charge is 2.51. The fraction of sp³-hybridized carbons (Fsp3) is 0.725. The molecule has 12 unspecified atom stereocenters. The highest BCUT2D eigenvalue weighted by Crippen LogP contribution is 2.30. The molecule has 0 radical (unpaired) electrons. The normalized spacial score (nSPS) is 24.6. The molecule has 14 heteroatoms. The molecule has 2 saturated heterocycles. The lowest BCUT2D eigenvalue weighted by Crippen LogP contribution is -2.65. The van der Waals surface area contributed by atoms with Gasteiger partial charge in [-0.3, -0.25) is 4.79 Å². The summed E-state index contributed by atoms with van der Waals surface area (Å²) in [6, 6.07) is -0.943. The summed E-state index contributed by atoms with van der Waals surface area (Å²) in [6.45, 7) is 2.62. The highest BCUT2D eigenvalue weighted by molar-refractivity contribution is 5.76. The zero-order valence-electron chi connectivity index (χ0n) is 51.4. The van der Waals surface area contributed by atoms with Crippen LogP contribution in [0.15, 0.2) is 109 Å². The number of hydrogen-bond acceptors (Lipinski definition) is 13. The van der Waals surface area contributed by atoms with E-state index >= 15 is 0 Å². The molecule has 0 spiro atoms. The van der Waals surface area contributed by atoms with Crippen molar-refractivity contribution in [2.75, 3.05) is 19.8 Å². The van der Waals surface area contributed by atoms with Crippen LogP contribution in [0, 0.1) is 0 Å². The quantitative estimate of drug-likeness (QED) is 0.0204. The third-order valence-corrected chi connectivity index (χ3v) is 15.2. The minimum Gasteiger partial charge on any atom is -0.394 e. The molecule has 2 fully saturated rings. The van der Waals surface area contributed by atoms with Gasteiger partial charge in [0.25, 0.3) is 0 Å². The summed E-state index contributed by atoms with van der Waals surface area (Å²) in [5, 5.41) is 87.1. The van der Waals surface area contributed by atoms with E-state index < -0.39 is 86.8 Å². The van der Waals surface area contributed by atoms with Crippen molar-refractivity contribution in [1.29, 1.82) is 0 Å². The van der Waals surface area contributed by atoms with Crippen LogP contribution in [0.25, 0.3) is 0 Å². The lowest BCUT2D eigenvalue weighted by atomic mass is 9.97. The first-order valence-corrected chi connectivity index (χ1v) is 32.6. The minimum atomic E-state index is -1.80. The van der Waals surface area contributed by atoms with Crippen LogP contribution in [0.4, 0.5) is 0 Å². The number of ether oxygens (including phenoxy) is 4. The Morgan fingerprint density at radius 2 is 0.843 bits per heavy atom. The standard InChI is InChI=1S/C69H117NO13/c1-3-5-7-9-11-13-15-17-19-20-21-22-23-24-25-26-27-28-29-30-31-32-33-34-35-36-37-38-39-41-43-45-47-49-51-53-61(74)70-57(58(73)52-50-48-46-44-42-40-18-16-14-12-10-8-6-4-2)56-80-68-66(79)64(77)67(60(55-72)82-68)83-69-65(78)63(76)62(75)59(54-71)81-69/h5,7,11,13-14,16-17,19,21-22,24-25,27-28,42,44,50,52,57-60,62-69,71-73,75-79H,3-4,6,8-10,12,15,18,20,23,26,29-41,43,45-49,51,53-56H2,1-2H3,(H,70,74)/b7-5-,13-11-,16-14+,19-17-,22-21-,25-24-,28-27-,44-42+,52-50+. The maximum absolute atomic E-state index is 13.3. The summed E-state index contributed by atoms with van der Waals surface area (Å²) in [4.78, 5) is 13.3. The van der Waals surface area contributed by atoms with Gasteiger partial charge in [0.2, 0.25) is 5.91 Å². The van der Waals surface area contributed by atoms with E-state index in [9.17, 15) is 45.6 Å². The topological polar surface area (TPSA) is 228 Å². The van der Waals surface area contributed by atoms with Gasteiger partial charge in [-0.15, -0.1) is 0 Å². The van der Waals surface area contributed by atoms with Crippen molar-refractivity contribution < 1.29 is 64.6 Å². The average Bonchev–Trinajstić information content (AvgIpc) is 3.64. The van der Waals surface area contributed by atoms with Crippen LogP contribution in [0.5, 0.6) is 0 Å².